The summed E-state index contributed by atoms with van der Waals surface area (Å²) < 4.78 is 5.58. The van der Waals surface area contributed by atoms with E-state index >= 15 is 0 Å². The van der Waals surface area contributed by atoms with Crippen molar-refractivity contribution < 1.29 is 9.84 Å². The number of hydrogen-bond donors (Lipinski definition) is 1. The Balaban J connectivity index is 2.11. The number of phenols is 1. The second-order valence-electron chi connectivity index (χ2n) is 3.96. The lowest BCUT2D eigenvalue weighted by atomic mass is 10.2. The van der Waals surface area contributed by atoms with E-state index in [0.717, 1.165) is 11.1 Å². The molecule has 0 aliphatic carbocycles. The van der Waals surface area contributed by atoms with Crippen LogP contribution in [0.3, 0.4) is 0 Å². The monoisotopic (exact) mass is 251 g/mol. The fourth-order valence-electron chi connectivity index (χ4n) is 1.62. The maximum absolute atomic E-state index is 9.72. The largest absolute Gasteiger partial charge is 0.504 e. The van der Waals surface area contributed by atoms with Gasteiger partial charge in [-0.15, -0.1) is 0 Å². The molecule has 0 unspecified atom stereocenters. The van der Waals surface area contributed by atoms with Crippen molar-refractivity contribution in [1.29, 1.82) is 5.26 Å². The number of rotatable bonds is 4. The zero-order valence-corrected chi connectivity index (χ0v) is 10.3. The second kappa shape index (κ2) is 6.27. The van der Waals surface area contributed by atoms with Gasteiger partial charge in [0.25, 0.3) is 0 Å². The van der Waals surface area contributed by atoms with Crippen LogP contribution in [0.5, 0.6) is 11.5 Å². The molecule has 0 atom stereocenters. The summed E-state index contributed by atoms with van der Waals surface area (Å²) in [5, 5.41) is 18.2. The Bertz CT molecular complexity index is 612. The molecule has 0 saturated carbocycles. The summed E-state index contributed by atoms with van der Waals surface area (Å²) in [5.41, 5.74) is 1.84. The van der Waals surface area contributed by atoms with E-state index in [9.17, 15) is 5.11 Å². The lowest BCUT2D eigenvalue weighted by molar-refractivity contribution is 0.289. The van der Waals surface area contributed by atoms with Gasteiger partial charge in [0.05, 0.1) is 6.07 Å². The molecule has 3 nitrogen and oxygen atoms in total. The van der Waals surface area contributed by atoms with Crippen molar-refractivity contribution in [2.75, 3.05) is 0 Å². The number of phenolic OH excluding ortho intramolecular Hbond substituents is 1. The molecule has 0 bridgehead atoms. The first-order valence-corrected chi connectivity index (χ1v) is 5.85. The molecule has 0 saturated heterocycles. The van der Waals surface area contributed by atoms with Crippen molar-refractivity contribution in [1.82, 2.24) is 0 Å². The van der Waals surface area contributed by atoms with E-state index in [4.69, 9.17) is 10.00 Å². The number of hydrogen-bond acceptors (Lipinski definition) is 3. The molecule has 0 spiro atoms. The number of ether oxygens (including phenoxy) is 1. The minimum Gasteiger partial charge on any atom is -0.504 e. The molecule has 0 aliphatic rings. The molecule has 0 heterocycles. The van der Waals surface area contributed by atoms with Crippen LogP contribution >= 0.6 is 0 Å². The standard InChI is InChI=1S/C16H13NO2/c17-10-4-7-13-8-9-15(18)16(11-13)19-12-14-5-2-1-3-6-14/h1-9,11,18H,12H2. The molecule has 1 N–H and O–H groups in total. The molecule has 2 rings (SSSR count). The topological polar surface area (TPSA) is 53.2 Å². The van der Waals surface area contributed by atoms with Crippen LogP contribution in [-0.4, -0.2) is 5.11 Å². The predicted octanol–water partition coefficient (Wildman–Crippen LogP) is 3.51. The highest BCUT2D eigenvalue weighted by atomic mass is 16.5. The Labute approximate surface area is 112 Å². The first-order chi connectivity index (χ1) is 9.29. The normalized spacial score (nSPS) is 10.3. The minimum atomic E-state index is 0.0880. The maximum atomic E-state index is 9.72. The molecule has 0 aliphatic heterocycles. The van der Waals surface area contributed by atoms with E-state index < -0.39 is 0 Å². The van der Waals surface area contributed by atoms with Crippen molar-refractivity contribution in [2.24, 2.45) is 0 Å². The molecule has 2 aromatic rings. The third-order valence-electron chi connectivity index (χ3n) is 2.57. The zero-order valence-electron chi connectivity index (χ0n) is 10.3. The van der Waals surface area contributed by atoms with Gasteiger partial charge < -0.3 is 9.84 Å². The minimum absolute atomic E-state index is 0.0880. The van der Waals surface area contributed by atoms with Crippen LogP contribution in [-0.2, 0) is 6.61 Å². The van der Waals surface area contributed by atoms with Crippen LogP contribution < -0.4 is 4.74 Å². The number of allylic oxidation sites excluding steroid dienone is 1. The SMILES string of the molecule is N#CC=Cc1ccc(O)c(OCc2ccccc2)c1. The molecular formula is C16H13NO2. The molecule has 0 aromatic heterocycles. The highest BCUT2D eigenvalue weighted by Gasteiger charge is 2.03. The number of benzene rings is 2. The van der Waals surface area contributed by atoms with Gasteiger partial charge in [0.2, 0.25) is 0 Å². The average molecular weight is 251 g/mol. The van der Waals surface area contributed by atoms with E-state index in [1.165, 1.54) is 6.08 Å². The van der Waals surface area contributed by atoms with Crippen LogP contribution in [0.2, 0.25) is 0 Å². The van der Waals surface area contributed by atoms with Crippen LogP contribution in [0.1, 0.15) is 11.1 Å². The summed E-state index contributed by atoms with van der Waals surface area (Å²) >= 11 is 0. The van der Waals surface area contributed by atoms with Crippen molar-refractivity contribution in [3.63, 3.8) is 0 Å². The lowest BCUT2D eigenvalue weighted by Gasteiger charge is -2.08. The fourth-order valence-corrected chi connectivity index (χ4v) is 1.62. The Kier molecular flexibility index (Phi) is 4.20. The van der Waals surface area contributed by atoms with Crippen molar-refractivity contribution >= 4 is 6.08 Å². The maximum Gasteiger partial charge on any atom is 0.162 e. The first-order valence-electron chi connectivity index (χ1n) is 5.85. The van der Waals surface area contributed by atoms with Gasteiger partial charge in [-0.2, -0.15) is 5.26 Å². The second-order valence-corrected chi connectivity index (χ2v) is 3.96. The van der Waals surface area contributed by atoms with Gasteiger partial charge in [0.1, 0.15) is 6.61 Å². The Morgan fingerprint density at radius 2 is 1.95 bits per heavy atom. The Morgan fingerprint density at radius 3 is 2.68 bits per heavy atom. The van der Waals surface area contributed by atoms with Crippen LogP contribution in [0.25, 0.3) is 6.08 Å². The molecule has 19 heavy (non-hydrogen) atoms. The van der Waals surface area contributed by atoms with E-state index in [-0.39, 0.29) is 5.75 Å². The highest BCUT2D eigenvalue weighted by Crippen LogP contribution is 2.28. The van der Waals surface area contributed by atoms with Crippen LogP contribution in [0.4, 0.5) is 0 Å². The van der Waals surface area contributed by atoms with Crippen molar-refractivity contribution in [3.05, 3.63) is 65.7 Å². The van der Waals surface area contributed by atoms with Crippen molar-refractivity contribution in [3.8, 4) is 17.6 Å². The van der Waals surface area contributed by atoms with Gasteiger partial charge in [-0.3, -0.25) is 0 Å². The van der Waals surface area contributed by atoms with E-state index in [1.54, 1.807) is 24.3 Å². The predicted molar refractivity (Wildman–Crippen MR) is 73.5 cm³/mol. The van der Waals surface area contributed by atoms with Gasteiger partial charge in [-0.25, -0.2) is 0 Å². The Hall–Kier alpha value is -2.73. The molecule has 94 valence electrons. The lowest BCUT2D eigenvalue weighted by Crippen LogP contribution is -1.95. The third kappa shape index (κ3) is 3.62. The Morgan fingerprint density at radius 1 is 1.16 bits per heavy atom. The fraction of sp³-hybridized carbons (Fsp3) is 0.0625. The number of aromatic hydroxyl groups is 1. The van der Waals surface area contributed by atoms with Crippen molar-refractivity contribution in [2.45, 2.75) is 6.61 Å². The van der Waals surface area contributed by atoms with Gasteiger partial charge in [-0.05, 0) is 29.3 Å². The molecular weight excluding hydrogens is 238 g/mol. The molecule has 0 radical (unpaired) electrons. The summed E-state index contributed by atoms with van der Waals surface area (Å²) in [6, 6.07) is 16.6. The molecule has 0 fully saturated rings. The van der Waals surface area contributed by atoms with Crippen LogP contribution in [0.15, 0.2) is 54.6 Å². The van der Waals surface area contributed by atoms with E-state index in [0.29, 0.717) is 12.4 Å². The van der Waals surface area contributed by atoms with Gasteiger partial charge in [0.15, 0.2) is 11.5 Å². The smallest absolute Gasteiger partial charge is 0.162 e. The third-order valence-corrected chi connectivity index (χ3v) is 2.57. The van der Waals surface area contributed by atoms with Gasteiger partial charge >= 0.3 is 0 Å². The number of nitrogens with zero attached hydrogens (tertiary/aromatic N) is 1. The molecule has 0 amide bonds. The summed E-state index contributed by atoms with van der Waals surface area (Å²) in [5.74, 6) is 0.494. The first kappa shape index (κ1) is 12.7. The summed E-state index contributed by atoms with van der Waals surface area (Å²) in [6.45, 7) is 0.389. The van der Waals surface area contributed by atoms with Gasteiger partial charge in [0, 0.05) is 6.08 Å². The highest BCUT2D eigenvalue weighted by molar-refractivity contribution is 5.57. The quantitative estimate of drug-likeness (QED) is 0.846. The summed E-state index contributed by atoms with van der Waals surface area (Å²) in [7, 11) is 0. The van der Waals surface area contributed by atoms with E-state index in [2.05, 4.69) is 0 Å². The zero-order chi connectivity index (χ0) is 13.5. The summed E-state index contributed by atoms with van der Waals surface area (Å²) in [4.78, 5) is 0. The van der Waals surface area contributed by atoms with Gasteiger partial charge in [-0.1, -0.05) is 36.4 Å². The molecule has 3 heteroatoms. The molecule has 2 aromatic carbocycles. The van der Waals surface area contributed by atoms with E-state index in [1.807, 2.05) is 36.4 Å². The average Bonchev–Trinajstić information content (AvgIpc) is 2.46. The number of nitriles is 1. The van der Waals surface area contributed by atoms with Crippen LogP contribution in [0, 0.1) is 11.3 Å². The summed E-state index contributed by atoms with van der Waals surface area (Å²) in [6.07, 6.45) is 3.04.